The molecule has 3 N–H and O–H groups in total. The number of phosphoric ester groups is 1. The Labute approximate surface area is 169 Å². The van der Waals surface area contributed by atoms with Crippen LogP contribution >= 0.6 is 7.82 Å². The smallest absolute Gasteiger partial charge is 0.850 e. The minimum Gasteiger partial charge on any atom is -0.850 e. The molecule has 0 aliphatic carbocycles. The van der Waals surface area contributed by atoms with Gasteiger partial charge in [0, 0.05) is 6.20 Å². The Morgan fingerprint density at radius 1 is 1.59 bits per heavy atom. The molecule has 1 saturated heterocycles. The average molecular weight is 351 g/mol. The SMILES string of the molecule is Nc1ccn(C2CC([O-])C(COP(=O)([O-])O)O2)c(=O)n1.[Na+].[Na+]. The van der Waals surface area contributed by atoms with Crippen molar-refractivity contribution in [3.05, 3.63) is 22.7 Å². The molecule has 0 amide bonds. The third-order valence-electron chi connectivity index (χ3n) is 2.74. The molecule has 4 atom stereocenters. The van der Waals surface area contributed by atoms with Gasteiger partial charge in [0.25, 0.3) is 7.82 Å². The zero-order valence-corrected chi connectivity index (χ0v) is 17.0. The Morgan fingerprint density at radius 3 is 2.77 bits per heavy atom. The van der Waals surface area contributed by atoms with Crippen LogP contribution in [0, 0.1) is 0 Å². The van der Waals surface area contributed by atoms with E-state index in [2.05, 4.69) is 9.51 Å². The zero-order chi connectivity index (χ0) is 14.9. The maximum absolute atomic E-state index is 11.7. The van der Waals surface area contributed by atoms with E-state index in [1.165, 1.54) is 12.3 Å². The second kappa shape index (κ2) is 9.26. The van der Waals surface area contributed by atoms with E-state index in [1.54, 1.807) is 0 Å². The molecule has 13 heteroatoms. The predicted molar refractivity (Wildman–Crippen MR) is 61.0 cm³/mol. The second-order valence-corrected chi connectivity index (χ2v) is 5.41. The Bertz CT molecular complexity index is 595. The summed E-state index contributed by atoms with van der Waals surface area (Å²) in [6.45, 7) is -0.612. The largest absolute Gasteiger partial charge is 1.00 e. The van der Waals surface area contributed by atoms with Crippen LogP contribution in [0.1, 0.15) is 12.6 Å². The fraction of sp³-hybridized carbons (Fsp3) is 0.556. The van der Waals surface area contributed by atoms with Gasteiger partial charge in [-0.2, -0.15) is 4.98 Å². The summed E-state index contributed by atoms with van der Waals surface area (Å²) in [6.07, 6.45) is -2.00. The molecule has 0 bridgehead atoms. The predicted octanol–water partition coefficient (Wildman–Crippen LogP) is -8.67. The molecule has 0 spiro atoms. The van der Waals surface area contributed by atoms with Crippen molar-refractivity contribution < 1.29 is 87.8 Å². The van der Waals surface area contributed by atoms with E-state index in [-0.39, 0.29) is 71.4 Å². The van der Waals surface area contributed by atoms with Crippen molar-refractivity contribution in [3.63, 3.8) is 0 Å². The van der Waals surface area contributed by atoms with Gasteiger partial charge in [-0.15, -0.1) is 0 Å². The first-order chi connectivity index (χ1) is 9.26. The fourth-order valence-electron chi connectivity index (χ4n) is 1.83. The Kier molecular flexibility index (Phi) is 9.56. The normalized spacial score (nSPS) is 26.6. The number of nitrogens with two attached hydrogens (primary N) is 1. The van der Waals surface area contributed by atoms with E-state index in [9.17, 15) is 19.4 Å². The van der Waals surface area contributed by atoms with Crippen molar-refractivity contribution in [1.29, 1.82) is 0 Å². The molecule has 112 valence electrons. The molecule has 1 aromatic rings. The second-order valence-electron chi connectivity index (χ2n) is 4.21. The molecule has 0 radical (unpaired) electrons. The number of anilines is 1. The first-order valence-electron chi connectivity index (χ1n) is 5.60. The van der Waals surface area contributed by atoms with Crippen LogP contribution in [0.3, 0.4) is 0 Å². The van der Waals surface area contributed by atoms with Crippen molar-refractivity contribution in [2.75, 3.05) is 12.3 Å². The van der Waals surface area contributed by atoms with Gasteiger partial charge in [-0.25, -0.2) is 4.79 Å². The molecule has 0 saturated carbocycles. The van der Waals surface area contributed by atoms with Gasteiger partial charge in [-0.3, -0.25) is 9.13 Å². The number of ether oxygens (including phenoxy) is 1. The molecular formula is C9H12N3Na2O7P. The van der Waals surface area contributed by atoms with Crippen LogP contribution in [0.15, 0.2) is 17.1 Å². The van der Waals surface area contributed by atoms with Crippen LogP contribution in [0.25, 0.3) is 0 Å². The van der Waals surface area contributed by atoms with Gasteiger partial charge in [0.2, 0.25) is 0 Å². The standard InChI is InChI=1S/C9H13N3O7P.2Na/c10-7-1-2-12(9(14)11-7)8-3-5(13)6(19-8)4-18-20(15,16)17;;/h1-2,5-6,8H,3-4H2,(H2,10,11,14)(H2,15,16,17);;/q-1;2*+1/p-1. The average Bonchev–Trinajstić information content (AvgIpc) is 2.67. The first kappa shape index (κ1) is 22.7. The van der Waals surface area contributed by atoms with Gasteiger partial charge in [0.1, 0.15) is 12.0 Å². The summed E-state index contributed by atoms with van der Waals surface area (Å²) >= 11 is 0. The molecule has 1 aromatic heterocycles. The molecule has 2 rings (SSSR count). The summed E-state index contributed by atoms with van der Waals surface area (Å²) in [6, 6.07) is 1.37. The van der Waals surface area contributed by atoms with E-state index in [0.717, 1.165) is 4.57 Å². The number of nitrogens with zero attached hydrogens (tertiary/aromatic N) is 2. The van der Waals surface area contributed by atoms with Crippen LogP contribution in [0.2, 0.25) is 0 Å². The molecule has 1 aliphatic rings. The van der Waals surface area contributed by atoms with Gasteiger partial charge in [0.05, 0.1) is 12.7 Å². The molecule has 1 aliphatic heterocycles. The summed E-state index contributed by atoms with van der Waals surface area (Å²) < 4.78 is 20.9. The van der Waals surface area contributed by atoms with Crippen molar-refractivity contribution in [2.45, 2.75) is 24.9 Å². The van der Waals surface area contributed by atoms with Crippen molar-refractivity contribution in [3.8, 4) is 0 Å². The van der Waals surface area contributed by atoms with Crippen molar-refractivity contribution in [1.82, 2.24) is 9.55 Å². The quantitative estimate of drug-likeness (QED) is 0.396. The number of nitrogen functional groups attached to an aromatic ring is 1. The van der Waals surface area contributed by atoms with Crippen molar-refractivity contribution >= 4 is 13.6 Å². The first-order valence-corrected chi connectivity index (χ1v) is 7.10. The number of phosphoric acid groups is 1. The number of aromatic nitrogens is 2. The minimum absolute atomic E-state index is 0. The van der Waals surface area contributed by atoms with Crippen LogP contribution in [-0.4, -0.2) is 33.3 Å². The van der Waals surface area contributed by atoms with Gasteiger partial charge in [-0.05, 0) is 12.5 Å². The van der Waals surface area contributed by atoms with E-state index >= 15 is 0 Å². The van der Waals surface area contributed by atoms with Crippen molar-refractivity contribution in [2.24, 2.45) is 0 Å². The van der Waals surface area contributed by atoms with Gasteiger partial charge in [0.15, 0.2) is 0 Å². The maximum Gasteiger partial charge on any atom is 1.00 e. The van der Waals surface area contributed by atoms with E-state index in [1.807, 2.05) is 0 Å². The molecular weight excluding hydrogens is 339 g/mol. The summed E-state index contributed by atoms with van der Waals surface area (Å²) in [5.41, 5.74) is 4.66. The minimum atomic E-state index is -4.92. The number of rotatable bonds is 4. The summed E-state index contributed by atoms with van der Waals surface area (Å²) in [7, 11) is -4.92. The number of hydrogen-bond donors (Lipinski definition) is 2. The van der Waals surface area contributed by atoms with Gasteiger partial charge >= 0.3 is 64.8 Å². The molecule has 10 nitrogen and oxygen atoms in total. The topological polar surface area (TPSA) is 163 Å². The van der Waals surface area contributed by atoms with Crippen LogP contribution < -0.4 is 80.5 Å². The number of hydrogen-bond acceptors (Lipinski definition) is 8. The molecule has 2 heterocycles. The summed E-state index contributed by atoms with van der Waals surface area (Å²) in [4.78, 5) is 34.0. The maximum atomic E-state index is 11.7. The Hall–Kier alpha value is 0.710. The van der Waals surface area contributed by atoms with Gasteiger partial charge in [-0.1, -0.05) is 6.10 Å². The summed E-state index contributed by atoms with van der Waals surface area (Å²) in [5.74, 6) is 0.0374. The third-order valence-corrected chi connectivity index (χ3v) is 3.22. The Balaban J connectivity index is 0.00000220. The molecule has 4 unspecified atom stereocenters. The molecule has 0 aromatic carbocycles. The monoisotopic (exact) mass is 351 g/mol. The van der Waals surface area contributed by atoms with E-state index in [0.29, 0.717) is 0 Å². The van der Waals surface area contributed by atoms with Gasteiger partial charge < -0.3 is 29.9 Å². The van der Waals surface area contributed by atoms with Crippen LogP contribution in [-0.2, 0) is 13.8 Å². The summed E-state index contributed by atoms with van der Waals surface area (Å²) in [5, 5.41) is 11.7. The van der Waals surface area contributed by atoms with Crippen LogP contribution in [0.5, 0.6) is 0 Å². The molecule has 22 heavy (non-hydrogen) atoms. The van der Waals surface area contributed by atoms with E-state index < -0.39 is 38.6 Å². The van der Waals surface area contributed by atoms with Crippen LogP contribution in [0.4, 0.5) is 5.82 Å². The fourth-order valence-corrected chi connectivity index (χ4v) is 2.17. The van der Waals surface area contributed by atoms with E-state index in [4.69, 9.17) is 15.4 Å². The molecule has 1 fully saturated rings. The third kappa shape index (κ3) is 6.31. The Morgan fingerprint density at radius 2 is 2.23 bits per heavy atom. The zero-order valence-electron chi connectivity index (χ0n) is 12.1.